The molecule has 1 aromatic heterocycles. The van der Waals surface area contributed by atoms with E-state index in [0.29, 0.717) is 49.1 Å². The maximum Gasteiger partial charge on any atom is 0.253 e. The van der Waals surface area contributed by atoms with Crippen LogP contribution >= 0.6 is 0 Å². The second-order valence-corrected chi connectivity index (χ2v) is 6.45. The third-order valence-corrected chi connectivity index (χ3v) is 4.66. The molecular weight excluding hydrogens is 347 g/mol. The first-order chi connectivity index (χ1) is 13.1. The quantitative estimate of drug-likeness (QED) is 0.713. The van der Waals surface area contributed by atoms with E-state index >= 15 is 0 Å². The molecule has 7 heteroatoms. The summed E-state index contributed by atoms with van der Waals surface area (Å²) in [7, 11) is 0. The number of para-hydroxylation sites is 1. The van der Waals surface area contributed by atoms with Gasteiger partial charge in [-0.3, -0.25) is 4.79 Å². The van der Waals surface area contributed by atoms with Crippen molar-refractivity contribution in [2.45, 2.75) is 6.92 Å². The zero-order chi connectivity index (χ0) is 18.8. The number of carbonyl (C=O) groups is 1. The van der Waals surface area contributed by atoms with Crippen LogP contribution in [0.1, 0.15) is 16.2 Å². The highest BCUT2D eigenvalue weighted by Crippen LogP contribution is 2.22. The molecule has 0 saturated carbocycles. The molecule has 138 valence electrons. The van der Waals surface area contributed by atoms with Crippen molar-refractivity contribution in [3.05, 3.63) is 65.8 Å². The number of nitrogens with zero attached hydrogens (tertiary/aromatic N) is 4. The van der Waals surface area contributed by atoms with Gasteiger partial charge < -0.3 is 14.3 Å². The van der Waals surface area contributed by atoms with Crippen molar-refractivity contribution in [2.75, 3.05) is 31.1 Å². The number of hydrogen-bond donors (Lipinski definition) is 0. The van der Waals surface area contributed by atoms with E-state index in [1.807, 2.05) is 23.1 Å². The second-order valence-electron chi connectivity index (χ2n) is 6.45. The first-order valence-electron chi connectivity index (χ1n) is 8.81. The molecule has 1 aliphatic heterocycles. The van der Waals surface area contributed by atoms with Gasteiger partial charge in [0.15, 0.2) is 0 Å². The Kier molecular flexibility index (Phi) is 4.58. The number of carbonyl (C=O) groups excluding carboxylic acids is 1. The van der Waals surface area contributed by atoms with Crippen LogP contribution in [0.25, 0.3) is 11.4 Å². The Morgan fingerprint density at radius 2 is 1.85 bits per heavy atom. The Morgan fingerprint density at radius 1 is 1.07 bits per heavy atom. The fraction of sp³-hybridized carbons (Fsp3) is 0.250. The zero-order valence-electron chi connectivity index (χ0n) is 14.9. The molecule has 0 spiro atoms. The van der Waals surface area contributed by atoms with Gasteiger partial charge in [-0.25, -0.2) is 4.39 Å². The number of piperazine rings is 1. The number of rotatable bonds is 3. The van der Waals surface area contributed by atoms with Crippen molar-refractivity contribution in [2.24, 2.45) is 0 Å². The summed E-state index contributed by atoms with van der Waals surface area (Å²) in [6, 6.07) is 13.9. The Morgan fingerprint density at radius 3 is 2.56 bits per heavy atom. The lowest BCUT2D eigenvalue weighted by molar-refractivity contribution is 0.0746. The Bertz CT molecular complexity index is 964. The second kappa shape index (κ2) is 7.19. The summed E-state index contributed by atoms with van der Waals surface area (Å²) in [6.45, 7) is 3.99. The topological polar surface area (TPSA) is 62.5 Å². The SMILES string of the molecule is Cc1nc(-c2cccc(C(=O)N3CCN(c4ccccc4F)CC3)c2)no1. The van der Waals surface area contributed by atoms with Crippen molar-refractivity contribution in [3.8, 4) is 11.4 Å². The fourth-order valence-electron chi connectivity index (χ4n) is 3.25. The molecule has 1 fully saturated rings. The number of aromatic nitrogens is 2. The highest BCUT2D eigenvalue weighted by atomic mass is 19.1. The lowest BCUT2D eigenvalue weighted by atomic mass is 10.1. The van der Waals surface area contributed by atoms with Crippen LogP contribution in [-0.2, 0) is 0 Å². The third-order valence-electron chi connectivity index (χ3n) is 4.66. The summed E-state index contributed by atoms with van der Waals surface area (Å²) < 4.78 is 19.0. The van der Waals surface area contributed by atoms with Crippen LogP contribution in [0.5, 0.6) is 0 Å². The van der Waals surface area contributed by atoms with Crippen molar-refractivity contribution >= 4 is 11.6 Å². The Balaban J connectivity index is 1.46. The van der Waals surface area contributed by atoms with E-state index in [0.717, 1.165) is 5.56 Å². The molecule has 0 bridgehead atoms. The van der Waals surface area contributed by atoms with Gasteiger partial charge in [-0.1, -0.05) is 29.4 Å². The molecule has 4 rings (SSSR count). The molecular formula is C20H19FN4O2. The molecule has 6 nitrogen and oxygen atoms in total. The summed E-state index contributed by atoms with van der Waals surface area (Å²) in [5.41, 5.74) is 1.90. The fourth-order valence-corrected chi connectivity index (χ4v) is 3.25. The molecule has 0 radical (unpaired) electrons. The minimum atomic E-state index is -0.236. The van der Waals surface area contributed by atoms with Crippen molar-refractivity contribution < 1.29 is 13.7 Å². The number of benzene rings is 2. The summed E-state index contributed by atoms with van der Waals surface area (Å²) >= 11 is 0. The summed E-state index contributed by atoms with van der Waals surface area (Å²) in [4.78, 5) is 20.8. The van der Waals surface area contributed by atoms with Gasteiger partial charge in [0.2, 0.25) is 11.7 Å². The number of hydrogen-bond acceptors (Lipinski definition) is 5. The van der Waals surface area contributed by atoms with Gasteiger partial charge in [0.1, 0.15) is 5.82 Å². The summed E-state index contributed by atoms with van der Waals surface area (Å²) in [5.74, 6) is 0.656. The molecule has 0 N–H and O–H groups in total. The first-order valence-corrected chi connectivity index (χ1v) is 8.81. The Hall–Kier alpha value is -3.22. The van der Waals surface area contributed by atoms with Gasteiger partial charge in [-0.15, -0.1) is 0 Å². The van der Waals surface area contributed by atoms with E-state index in [-0.39, 0.29) is 11.7 Å². The predicted molar refractivity (Wildman–Crippen MR) is 99.0 cm³/mol. The van der Waals surface area contributed by atoms with Gasteiger partial charge >= 0.3 is 0 Å². The molecule has 1 amide bonds. The molecule has 1 aliphatic rings. The summed E-state index contributed by atoms with van der Waals surface area (Å²) in [5, 5.41) is 3.90. The van der Waals surface area contributed by atoms with Gasteiger partial charge in [0.05, 0.1) is 5.69 Å². The third kappa shape index (κ3) is 3.53. The molecule has 3 aromatic rings. The molecule has 1 saturated heterocycles. The van der Waals surface area contributed by atoms with Gasteiger partial charge in [-0.2, -0.15) is 4.98 Å². The molecule has 0 unspecified atom stereocenters. The molecule has 27 heavy (non-hydrogen) atoms. The van der Waals surface area contributed by atoms with Crippen LogP contribution in [0, 0.1) is 12.7 Å². The van der Waals surface area contributed by atoms with Crippen molar-refractivity contribution in [3.63, 3.8) is 0 Å². The van der Waals surface area contributed by atoms with E-state index in [1.165, 1.54) is 6.07 Å². The number of aryl methyl sites for hydroxylation is 1. The van der Waals surface area contributed by atoms with Crippen LogP contribution in [0.15, 0.2) is 53.1 Å². The monoisotopic (exact) mass is 366 g/mol. The molecule has 0 atom stereocenters. The van der Waals surface area contributed by atoms with Crippen molar-refractivity contribution in [1.82, 2.24) is 15.0 Å². The lowest BCUT2D eigenvalue weighted by Gasteiger charge is -2.36. The molecule has 0 aliphatic carbocycles. The van der Waals surface area contributed by atoms with Crippen LogP contribution < -0.4 is 4.90 Å². The predicted octanol–water partition coefficient (Wildman–Crippen LogP) is 3.15. The lowest BCUT2D eigenvalue weighted by Crippen LogP contribution is -2.49. The maximum absolute atomic E-state index is 14.0. The van der Waals surface area contributed by atoms with Crippen molar-refractivity contribution in [1.29, 1.82) is 0 Å². The van der Waals surface area contributed by atoms with E-state index in [9.17, 15) is 9.18 Å². The average molecular weight is 366 g/mol. The van der Waals surface area contributed by atoms with Crippen LogP contribution in [-0.4, -0.2) is 47.1 Å². The van der Waals surface area contributed by atoms with E-state index < -0.39 is 0 Å². The minimum Gasteiger partial charge on any atom is -0.366 e. The van der Waals surface area contributed by atoms with E-state index in [1.54, 1.807) is 36.1 Å². The highest BCUT2D eigenvalue weighted by molar-refractivity contribution is 5.95. The van der Waals surface area contributed by atoms with Crippen LogP contribution in [0.3, 0.4) is 0 Å². The average Bonchev–Trinajstić information content (AvgIpc) is 3.14. The number of anilines is 1. The van der Waals surface area contributed by atoms with Gasteiger partial charge in [0, 0.05) is 44.2 Å². The van der Waals surface area contributed by atoms with Gasteiger partial charge in [0.25, 0.3) is 5.91 Å². The molecule has 2 heterocycles. The smallest absolute Gasteiger partial charge is 0.253 e. The number of halogens is 1. The maximum atomic E-state index is 14.0. The summed E-state index contributed by atoms with van der Waals surface area (Å²) in [6.07, 6.45) is 0. The highest BCUT2D eigenvalue weighted by Gasteiger charge is 2.24. The number of amides is 1. The largest absolute Gasteiger partial charge is 0.366 e. The minimum absolute atomic E-state index is 0.0507. The zero-order valence-corrected chi connectivity index (χ0v) is 14.9. The standard InChI is InChI=1S/C20H19FN4O2/c1-14-22-19(23-27-14)15-5-4-6-16(13-15)20(26)25-11-9-24(10-12-25)18-8-3-2-7-17(18)21/h2-8,13H,9-12H2,1H3. The van der Waals surface area contributed by atoms with Gasteiger partial charge in [-0.05, 0) is 24.3 Å². The van der Waals surface area contributed by atoms with Crippen LogP contribution in [0.2, 0.25) is 0 Å². The van der Waals surface area contributed by atoms with E-state index in [2.05, 4.69) is 10.1 Å². The van der Waals surface area contributed by atoms with Crippen LogP contribution in [0.4, 0.5) is 10.1 Å². The Labute approximate surface area is 156 Å². The van der Waals surface area contributed by atoms with E-state index in [4.69, 9.17) is 4.52 Å². The molecule has 2 aromatic carbocycles. The first kappa shape index (κ1) is 17.2. The normalized spacial score (nSPS) is 14.4.